The first-order chi connectivity index (χ1) is 8.97. The van der Waals surface area contributed by atoms with Crippen molar-refractivity contribution in [2.75, 3.05) is 0 Å². The van der Waals surface area contributed by atoms with Crippen LogP contribution in [0.3, 0.4) is 0 Å². The van der Waals surface area contributed by atoms with Crippen molar-refractivity contribution >= 4 is 27.5 Å². The molecule has 2 nitrogen and oxygen atoms in total. The van der Waals surface area contributed by atoms with Crippen molar-refractivity contribution in [3.8, 4) is 11.5 Å². The molecule has 0 bridgehead atoms. The maximum Gasteiger partial charge on any atom is 0.141 e. The van der Waals surface area contributed by atoms with Gasteiger partial charge in [-0.3, -0.25) is 0 Å². The summed E-state index contributed by atoms with van der Waals surface area (Å²) in [6.45, 7) is 3.69. The Kier molecular flexibility index (Phi) is 4.50. The third-order valence-electron chi connectivity index (χ3n) is 2.81. The number of hydrogen-bond donors (Lipinski definition) is 1. The van der Waals surface area contributed by atoms with Crippen LogP contribution in [-0.2, 0) is 0 Å². The van der Waals surface area contributed by atoms with E-state index in [9.17, 15) is 5.11 Å². The summed E-state index contributed by atoms with van der Waals surface area (Å²) in [6.07, 6.45) is -0.502. The number of ether oxygens (including phenoxy) is 1. The zero-order valence-electron chi connectivity index (χ0n) is 10.7. The molecule has 0 aliphatic heterocycles. The van der Waals surface area contributed by atoms with Gasteiger partial charge in [-0.25, -0.2) is 0 Å². The smallest absolute Gasteiger partial charge is 0.141 e. The Labute approximate surface area is 126 Å². The number of hydrogen-bond acceptors (Lipinski definition) is 2. The van der Waals surface area contributed by atoms with E-state index in [1.54, 1.807) is 13.0 Å². The van der Waals surface area contributed by atoms with E-state index in [2.05, 4.69) is 15.9 Å². The van der Waals surface area contributed by atoms with E-state index >= 15 is 0 Å². The molecule has 0 amide bonds. The average molecular weight is 342 g/mol. The van der Waals surface area contributed by atoms with Gasteiger partial charge in [0.05, 0.1) is 10.6 Å². The first-order valence-corrected chi connectivity index (χ1v) is 7.06. The molecule has 19 heavy (non-hydrogen) atoms. The van der Waals surface area contributed by atoms with Crippen LogP contribution in [-0.4, -0.2) is 5.11 Å². The monoisotopic (exact) mass is 340 g/mol. The second kappa shape index (κ2) is 5.95. The van der Waals surface area contributed by atoms with E-state index in [-0.39, 0.29) is 0 Å². The van der Waals surface area contributed by atoms with E-state index in [0.717, 1.165) is 21.3 Å². The second-order valence-corrected chi connectivity index (χ2v) is 5.67. The number of aryl methyl sites for hydroxylation is 1. The predicted octanol–water partition coefficient (Wildman–Crippen LogP) is 5.26. The fourth-order valence-electron chi connectivity index (χ4n) is 1.66. The third-order valence-corrected chi connectivity index (χ3v) is 3.66. The molecule has 0 unspecified atom stereocenters. The minimum Gasteiger partial charge on any atom is -0.456 e. The minimum atomic E-state index is -0.502. The highest BCUT2D eigenvalue weighted by Crippen LogP contribution is 2.34. The van der Waals surface area contributed by atoms with Gasteiger partial charge in [-0.05, 0) is 65.2 Å². The fourth-order valence-corrected chi connectivity index (χ4v) is 2.30. The molecule has 2 aromatic carbocycles. The summed E-state index contributed by atoms with van der Waals surface area (Å²) in [5.74, 6) is 1.41. The SMILES string of the molecule is Cc1ccc(Cl)cc1Oc1ccc([C@@H](C)O)cc1Br. The predicted molar refractivity (Wildman–Crippen MR) is 81.0 cm³/mol. The van der Waals surface area contributed by atoms with Gasteiger partial charge < -0.3 is 9.84 Å². The lowest BCUT2D eigenvalue weighted by atomic mass is 10.1. The van der Waals surface area contributed by atoms with Crippen LogP contribution in [0.4, 0.5) is 0 Å². The highest BCUT2D eigenvalue weighted by Gasteiger charge is 2.09. The molecule has 0 radical (unpaired) electrons. The Morgan fingerprint density at radius 3 is 2.53 bits per heavy atom. The molecule has 4 heteroatoms. The van der Waals surface area contributed by atoms with Gasteiger partial charge in [-0.15, -0.1) is 0 Å². The summed E-state index contributed by atoms with van der Waals surface area (Å²) >= 11 is 9.41. The Hall–Kier alpha value is -1.03. The van der Waals surface area contributed by atoms with Crippen molar-refractivity contribution in [1.82, 2.24) is 0 Å². The van der Waals surface area contributed by atoms with Crippen LogP contribution in [0, 0.1) is 6.92 Å². The maximum atomic E-state index is 9.53. The Bertz CT molecular complexity index is 597. The molecule has 0 aliphatic rings. The first kappa shape index (κ1) is 14.4. The number of halogens is 2. The Morgan fingerprint density at radius 1 is 1.16 bits per heavy atom. The van der Waals surface area contributed by atoms with E-state index in [0.29, 0.717) is 10.8 Å². The zero-order chi connectivity index (χ0) is 14.0. The molecule has 0 heterocycles. The molecule has 0 saturated heterocycles. The summed E-state index contributed by atoms with van der Waals surface area (Å²) < 4.78 is 6.64. The molecule has 1 N–H and O–H groups in total. The molecule has 100 valence electrons. The van der Waals surface area contributed by atoms with Gasteiger partial charge >= 0.3 is 0 Å². The lowest BCUT2D eigenvalue weighted by Gasteiger charge is -2.12. The summed E-state index contributed by atoms with van der Waals surface area (Å²) in [6, 6.07) is 11.0. The molecular weight excluding hydrogens is 328 g/mol. The van der Waals surface area contributed by atoms with Crippen molar-refractivity contribution in [1.29, 1.82) is 0 Å². The van der Waals surface area contributed by atoms with Crippen LogP contribution in [0.5, 0.6) is 11.5 Å². The zero-order valence-corrected chi connectivity index (χ0v) is 13.0. The highest BCUT2D eigenvalue weighted by atomic mass is 79.9. The maximum absolute atomic E-state index is 9.53. The van der Waals surface area contributed by atoms with Crippen molar-refractivity contribution in [3.63, 3.8) is 0 Å². The number of aliphatic hydroxyl groups excluding tert-OH is 1. The molecule has 0 fully saturated rings. The van der Waals surface area contributed by atoms with Crippen LogP contribution in [0.25, 0.3) is 0 Å². The van der Waals surface area contributed by atoms with Crippen LogP contribution < -0.4 is 4.74 Å². The fraction of sp³-hybridized carbons (Fsp3) is 0.200. The topological polar surface area (TPSA) is 29.5 Å². The van der Waals surface area contributed by atoms with Crippen LogP contribution in [0.2, 0.25) is 5.02 Å². The van der Waals surface area contributed by atoms with Crippen LogP contribution >= 0.6 is 27.5 Å². The molecule has 0 spiro atoms. The van der Waals surface area contributed by atoms with E-state index in [1.807, 2.05) is 37.3 Å². The summed E-state index contributed by atoms with van der Waals surface area (Å²) in [7, 11) is 0. The van der Waals surface area contributed by atoms with Gasteiger partial charge in [0.25, 0.3) is 0 Å². The molecule has 2 aromatic rings. The van der Waals surface area contributed by atoms with Gasteiger partial charge in [-0.2, -0.15) is 0 Å². The summed E-state index contributed by atoms with van der Waals surface area (Å²) in [5.41, 5.74) is 1.85. The van der Waals surface area contributed by atoms with Gasteiger partial charge in [0.2, 0.25) is 0 Å². The Balaban J connectivity index is 2.31. The standard InChI is InChI=1S/C15H14BrClO2/c1-9-3-5-12(17)8-15(9)19-14-6-4-11(10(2)18)7-13(14)16/h3-8,10,18H,1-2H3/t10-/m1/s1. The number of aliphatic hydroxyl groups is 1. The molecule has 0 aromatic heterocycles. The number of benzene rings is 2. The first-order valence-electron chi connectivity index (χ1n) is 5.89. The van der Waals surface area contributed by atoms with Crippen molar-refractivity contribution < 1.29 is 9.84 Å². The normalized spacial score (nSPS) is 12.3. The van der Waals surface area contributed by atoms with Crippen molar-refractivity contribution in [2.45, 2.75) is 20.0 Å². The van der Waals surface area contributed by atoms with Crippen LogP contribution in [0.15, 0.2) is 40.9 Å². The van der Waals surface area contributed by atoms with E-state index in [1.165, 1.54) is 0 Å². The second-order valence-electron chi connectivity index (χ2n) is 4.38. The quantitative estimate of drug-likeness (QED) is 0.825. The largest absolute Gasteiger partial charge is 0.456 e. The molecule has 2 rings (SSSR count). The van der Waals surface area contributed by atoms with Crippen LogP contribution in [0.1, 0.15) is 24.2 Å². The van der Waals surface area contributed by atoms with E-state index < -0.39 is 6.10 Å². The lowest BCUT2D eigenvalue weighted by molar-refractivity contribution is 0.199. The van der Waals surface area contributed by atoms with Crippen molar-refractivity contribution in [2.24, 2.45) is 0 Å². The van der Waals surface area contributed by atoms with Gasteiger partial charge in [0.1, 0.15) is 11.5 Å². The molecular formula is C15H14BrClO2. The molecule has 1 atom stereocenters. The Morgan fingerprint density at radius 2 is 1.89 bits per heavy atom. The third kappa shape index (κ3) is 3.50. The van der Waals surface area contributed by atoms with E-state index in [4.69, 9.17) is 16.3 Å². The van der Waals surface area contributed by atoms with Crippen molar-refractivity contribution in [3.05, 3.63) is 57.0 Å². The van der Waals surface area contributed by atoms with Gasteiger partial charge in [0.15, 0.2) is 0 Å². The molecule has 0 saturated carbocycles. The minimum absolute atomic E-state index is 0.502. The lowest BCUT2D eigenvalue weighted by Crippen LogP contribution is -1.93. The average Bonchev–Trinajstić information content (AvgIpc) is 2.36. The highest BCUT2D eigenvalue weighted by molar-refractivity contribution is 9.10. The number of rotatable bonds is 3. The van der Waals surface area contributed by atoms with Gasteiger partial charge in [-0.1, -0.05) is 23.7 Å². The summed E-state index contributed by atoms with van der Waals surface area (Å²) in [5, 5.41) is 10.2. The summed E-state index contributed by atoms with van der Waals surface area (Å²) in [4.78, 5) is 0. The molecule has 0 aliphatic carbocycles. The van der Waals surface area contributed by atoms with Gasteiger partial charge in [0, 0.05) is 5.02 Å².